The molecule has 0 unspecified atom stereocenters. The molecule has 1 aromatic heterocycles. The van der Waals surface area contributed by atoms with Crippen LogP contribution in [0.3, 0.4) is 0 Å². The van der Waals surface area contributed by atoms with E-state index in [0.717, 1.165) is 50.7 Å². The van der Waals surface area contributed by atoms with Gasteiger partial charge in [0.1, 0.15) is 11.6 Å². The Balaban J connectivity index is 1.56. The highest BCUT2D eigenvalue weighted by Gasteiger charge is 2.25. The van der Waals surface area contributed by atoms with E-state index in [1.54, 1.807) is 0 Å². The SMILES string of the molecule is Cc1ccccc1CN1CCC(c2nnc(CN(C)CCO)n2C)CC1. The van der Waals surface area contributed by atoms with Crippen LogP contribution in [0, 0.1) is 6.92 Å². The van der Waals surface area contributed by atoms with Gasteiger partial charge in [0.15, 0.2) is 0 Å². The van der Waals surface area contributed by atoms with Gasteiger partial charge in [0.05, 0.1) is 13.2 Å². The van der Waals surface area contributed by atoms with Gasteiger partial charge in [0, 0.05) is 26.1 Å². The first kappa shape index (κ1) is 19.0. The van der Waals surface area contributed by atoms with Crippen molar-refractivity contribution in [2.45, 2.75) is 38.8 Å². The van der Waals surface area contributed by atoms with Crippen molar-refractivity contribution in [1.29, 1.82) is 0 Å². The third kappa shape index (κ3) is 4.50. The quantitative estimate of drug-likeness (QED) is 0.821. The van der Waals surface area contributed by atoms with Crippen molar-refractivity contribution >= 4 is 0 Å². The highest BCUT2D eigenvalue weighted by molar-refractivity contribution is 5.25. The van der Waals surface area contributed by atoms with Gasteiger partial charge in [-0.1, -0.05) is 24.3 Å². The fourth-order valence-corrected chi connectivity index (χ4v) is 3.74. The number of nitrogens with zero attached hydrogens (tertiary/aromatic N) is 5. The van der Waals surface area contributed by atoms with Crippen molar-refractivity contribution < 1.29 is 5.11 Å². The van der Waals surface area contributed by atoms with Gasteiger partial charge in [-0.2, -0.15) is 0 Å². The summed E-state index contributed by atoms with van der Waals surface area (Å²) in [5.41, 5.74) is 2.80. The van der Waals surface area contributed by atoms with Gasteiger partial charge in [-0.3, -0.25) is 9.80 Å². The van der Waals surface area contributed by atoms with E-state index < -0.39 is 0 Å². The molecular formula is C20H31N5O. The van der Waals surface area contributed by atoms with Crippen molar-refractivity contribution in [3.05, 3.63) is 47.0 Å². The number of aliphatic hydroxyl groups is 1. The number of aromatic nitrogens is 3. The molecule has 0 amide bonds. The molecule has 1 saturated heterocycles. The van der Waals surface area contributed by atoms with E-state index in [4.69, 9.17) is 5.11 Å². The Hall–Kier alpha value is -1.76. The summed E-state index contributed by atoms with van der Waals surface area (Å²) in [7, 11) is 4.06. The third-order valence-electron chi connectivity index (χ3n) is 5.50. The summed E-state index contributed by atoms with van der Waals surface area (Å²) in [5.74, 6) is 2.56. The summed E-state index contributed by atoms with van der Waals surface area (Å²) < 4.78 is 2.15. The third-order valence-corrected chi connectivity index (χ3v) is 5.50. The number of aryl methyl sites for hydroxylation is 1. The van der Waals surface area contributed by atoms with Gasteiger partial charge in [0.2, 0.25) is 0 Å². The van der Waals surface area contributed by atoms with E-state index in [2.05, 4.69) is 62.8 Å². The second-order valence-electron chi connectivity index (χ2n) is 7.47. The molecule has 0 saturated carbocycles. The average molecular weight is 358 g/mol. The molecule has 0 spiro atoms. The summed E-state index contributed by atoms with van der Waals surface area (Å²) in [4.78, 5) is 4.61. The lowest BCUT2D eigenvalue weighted by Gasteiger charge is -2.31. The lowest BCUT2D eigenvalue weighted by Crippen LogP contribution is -2.33. The van der Waals surface area contributed by atoms with Gasteiger partial charge < -0.3 is 9.67 Å². The number of hydrogen-bond donors (Lipinski definition) is 1. The van der Waals surface area contributed by atoms with Crippen LogP contribution in [0.2, 0.25) is 0 Å². The van der Waals surface area contributed by atoms with Crippen LogP contribution in [-0.4, -0.2) is 63.0 Å². The predicted octanol–water partition coefficient (Wildman–Crippen LogP) is 1.93. The van der Waals surface area contributed by atoms with Crippen LogP contribution >= 0.6 is 0 Å². The van der Waals surface area contributed by atoms with E-state index in [9.17, 15) is 0 Å². The van der Waals surface area contributed by atoms with Gasteiger partial charge >= 0.3 is 0 Å². The molecule has 1 fully saturated rings. The highest BCUT2D eigenvalue weighted by atomic mass is 16.3. The molecule has 0 radical (unpaired) electrons. The number of piperidine rings is 1. The topological polar surface area (TPSA) is 57.4 Å². The molecule has 2 aromatic rings. The van der Waals surface area contributed by atoms with Crippen LogP contribution in [-0.2, 0) is 20.1 Å². The first-order valence-electron chi connectivity index (χ1n) is 9.53. The zero-order valence-corrected chi connectivity index (χ0v) is 16.2. The van der Waals surface area contributed by atoms with Crippen molar-refractivity contribution in [2.75, 3.05) is 33.3 Å². The van der Waals surface area contributed by atoms with E-state index >= 15 is 0 Å². The maximum absolute atomic E-state index is 9.05. The monoisotopic (exact) mass is 357 g/mol. The molecule has 1 N–H and O–H groups in total. The first-order chi connectivity index (χ1) is 12.6. The average Bonchev–Trinajstić information content (AvgIpc) is 2.98. The van der Waals surface area contributed by atoms with Crippen molar-refractivity contribution in [3.8, 4) is 0 Å². The number of hydrogen-bond acceptors (Lipinski definition) is 5. The summed E-state index contributed by atoms with van der Waals surface area (Å²) in [5, 5.41) is 17.9. The maximum Gasteiger partial charge on any atom is 0.146 e. The van der Waals surface area contributed by atoms with Gasteiger partial charge in [-0.05, 0) is 51.0 Å². The Morgan fingerprint density at radius 3 is 2.62 bits per heavy atom. The fourth-order valence-electron chi connectivity index (χ4n) is 3.74. The van der Waals surface area contributed by atoms with E-state index in [1.165, 1.54) is 11.1 Å². The molecule has 1 aliphatic heterocycles. The number of benzene rings is 1. The standard InChI is InChI=1S/C20H31N5O/c1-16-6-4-5-7-18(16)14-25-10-8-17(9-11-25)20-22-21-19(24(20)3)15-23(2)12-13-26/h4-7,17,26H,8-15H2,1-3H3. The number of aliphatic hydroxyl groups excluding tert-OH is 1. The molecule has 1 aromatic carbocycles. The van der Waals surface area contributed by atoms with E-state index in [0.29, 0.717) is 12.5 Å². The van der Waals surface area contributed by atoms with E-state index in [-0.39, 0.29) is 6.61 Å². The zero-order chi connectivity index (χ0) is 18.5. The second-order valence-corrected chi connectivity index (χ2v) is 7.47. The summed E-state index contributed by atoms with van der Waals surface area (Å²) >= 11 is 0. The number of likely N-dealkylation sites (N-methyl/N-ethyl adjacent to an activating group) is 1. The molecule has 26 heavy (non-hydrogen) atoms. The van der Waals surface area contributed by atoms with Crippen LogP contribution in [0.25, 0.3) is 0 Å². The smallest absolute Gasteiger partial charge is 0.146 e. The van der Waals surface area contributed by atoms with Gasteiger partial charge in [-0.15, -0.1) is 10.2 Å². The van der Waals surface area contributed by atoms with Crippen LogP contribution < -0.4 is 0 Å². The minimum Gasteiger partial charge on any atom is -0.395 e. The van der Waals surface area contributed by atoms with E-state index in [1.807, 2.05) is 7.05 Å². The molecule has 142 valence electrons. The molecule has 3 rings (SSSR count). The van der Waals surface area contributed by atoms with Gasteiger partial charge in [-0.25, -0.2) is 0 Å². The lowest BCUT2D eigenvalue weighted by molar-refractivity contribution is 0.199. The molecule has 6 heteroatoms. The maximum atomic E-state index is 9.05. The van der Waals surface area contributed by atoms with Crippen LogP contribution in [0.5, 0.6) is 0 Å². The Morgan fingerprint density at radius 1 is 1.19 bits per heavy atom. The number of likely N-dealkylation sites (tertiary alicyclic amines) is 1. The largest absolute Gasteiger partial charge is 0.395 e. The summed E-state index contributed by atoms with van der Waals surface area (Å²) in [6, 6.07) is 8.66. The van der Waals surface area contributed by atoms with Crippen molar-refractivity contribution in [1.82, 2.24) is 24.6 Å². The molecular weight excluding hydrogens is 326 g/mol. The fraction of sp³-hybridized carbons (Fsp3) is 0.600. The van der Waals surface area contributed by atoms with Crippen LogP contribution in [0.4, 0.5) is 0 Å². The second kappa shape index (κ2) is 8.75. The molecule has 1 aliphatic rings. The van der Waals surface area contributed by atoms with Crippen molar-refractivity contribution in [3.63, 3.8) is 0 Å². The van der Waals surface area contributed by atoms with Gasteiger partial charge in [0.25, 0.3) is 0 Å². The molecule has 6 nitrogen and oxygen atoms in total. The molecule has 0 atom stereocenters. The van der Waals surface area contributed by atoms with Crippen molar-refractivity contribution in [2.24, 2.45) is 7.05 Å². The highest BCUT2D eigenvalue weighted by Crippen LogP contribution is 2.28. The summed E-state index contributed by atoms with van der Waals surface area (Å²) in [6.45, 7) is 6.97. The Labute approximate surface area is 156 Å². The first-order valence-corrected chi connectivity index (χ1v) is 9.53. The zero-order valence-electron chi connectivity index (χ0n) is 16.2. The lowest BCUT2D eigenvalue weighted by atomic mass is 9.95. The Bertz CT molecular complexity index is 706. The Kier molecular flexibility index (Phi) is 6.40. The normalized spacial score (nSPS) is 16.5. The summed E-state index contributed by atoms with van der Waals surface area (Å²) in [6.07, 6.45) is 2.26. The van der Waals surface area contributed by atoms with Crippen LogP contribution in [0.15, 0.2) is 24.3 Å². The van der Waals surface area contributed by atoms with Crippen LogP contribution in [0.1, 0.15) is 41.5 Å². The molecule has 0 aliphatic carbocycles. The minimum atomic E-state index is 0.167. The number of rotatable bonds is 7. The minimum absolute atomic E-state index is 0.167. The Morgan fingerprint density at radius 2 is 1.92 bits per heavy atom. The molecule has 0 bridgehead atoms. The molecule has 2 heterocycles. The predicted molar refractivity (Wildman–Crippen MR) is 103 cm³/mol.